The summed E-state index contributed by atoms with van der Waals surface area (Å²) in [5.41, 5.74) is -0.621. The standard InChI is InChI=1S/C41H66N4O15/c1-23(4-9-33(49)50)26-5-6-27-38-28(18-31(47)41(26,27)3)40(2)11-10-25(16-24(40)17-30(38)46)42-32(48)8-7-29(39(59)60)45(14-12-43(19-34(51)52)20-35(53)54)15-13-44(21-36(55)56)22-37(57)58/h23-31,38,46-47H,4-22H2,1-3H3,(H,42,48)(H,49,50)(H,51,52)(H,53,54)(H,55,56)(H,57,58)(H,59,60)/t23?,24?,25-,26-,27?,28?,29-,30-,31+,38?,40+,41-/m1/s1. The molecule has 0 aliphatic heterocycles. The van der Waals surface area contributed by atoms with Crippen molar-refractivity contribution in [3.05, 3.63) is 0 Å². The second-order valence-electron chi connectivity index (χ2n) is 18.5. The third-order valence-electron chi connectivity index (χ3n) is 14.9. The molecule has 0 bridgehead atoms. The van der Waals surface area contributed by atoms with Crippen molar-refractivity contribution >= 4 is 41.7 Å². The lowest BCUT2D eigenvalue weighted by Crippen LogP contribution is -2.63. The van der Waals surface area contributed by atoms with Crippen LogP contribution in [-0.4, -0.2) is 174 Å². The van der Waals surface area contributed by atoms with Crippen molar-refractivity contribution in [3.63, 3.8) is 0 Å². The highest BCUT2D eigenvalue weighted by Crippen LogP contribution is 2.68. The SMILES string of the molecule is CC(CCC(=O)O)[C@H]1CCC2C3C(C[C@H](O)[C@@]21C)[C@@]1(C)CC[C@@H](NC(=O)CC[C@H](C(=O)O)N(CCN(CC(=O)O)CC(=O)O)CCN(CC(=O)O)CC(=O)O)CC1C[C@H]3O. The molecule has 60 heavy (non-hydrogen) atoms. The predicted molar refractivity (Wildman–Crippen MR) is 212 cm³/mol. The van der Waals surface area contributed by atoms with Crippen LogP contribution in [0.4, 0.5) is 0 Å². The number of carbonyl (C=O) groups excluding carboxylic acids is 1. The normalized spacial score (nSPS) is 32.1. The van der Waals surface area contributed by atoms with Crippen molar-refractivity contribution in [2.24, 2.45) is 46.3 Å². The molecule has 0 heterocycles. The maximum Gasteiger partial charge on any atom is 0.320 e. The number of fused-ring (bicyclic) bond motifs is 5. The van der Waals surface area contributed by atoms with E-state index in [-0.39, 0.29) is 92.4 Å². The van der Waals surface area contributed by atoms with Crippen molar-refractivity contribution in [1.29, 1.82) is 0 Å². The predicted octanol–water partition coefficient (Wildman–Crippen LogP) is 1.05. The van der Waals surface area contributed by atoms with E-state index in [9.17, 15) is 74.4 Å². The highest BCUT2D eigenvalue weighted by molar-refractivity contribution is 5.79. The van der Waals surface area contributed by atoms with Gasteiger partial charge in [0.15, 0.2) is 0 Å². The first-order chi connectivity index (χ1) is 28.1. The fourth-order valence-corrected chi connectivity index (χ4v) is 12.0. The smallest absolute Gasteiger partial charge is 0.320 e. The first-order valence-electron chi connectivity index (χ1n) is 21.2. The van der Waals surface area contributed by atoms with E-state index in [0.717, 1.165) is 29.1 Å². The van der Waals surface area contributed by atoms with Gasteiger partial charge < -0.3 is 46.2 Å². The minimum atomic E-state index is -1.34. The molecule has 4 aliphatic rings. The summed E-state index contributed by atoms with van der Waals surface area (Å²) in [6, 6.07) is -1.59. The van der Waals surface area contributed by atoms with Crippen LogP contribution in [0.5, 0.6) is 0 Å². The van der Waals surface area contributed by atoms with Crippen molar-refractivity contribution in [2.45, 2.75) is 116 Å². The molecule has 19 nitrogen and oxygen atoms in total. The largest absolute Gasteiger partial charge is 0.481 e. The molecule has 12 atom stereocenters. The maximum atomic E-state index is 13.5. The molecule has 0 spiro atoms. The molecule has 0 aromatic carbocycles. The van der Waals surface area contributed by atoms with Gasteiger partial charge in [0, 0.05) is 45.1 Å². The molecule has 4 saturated carbocycles. The number of hydrogen-bond acceptors (Lipinski definition) is 12. The Morgan fingerprint density at radius 3 is 1.72 bits per heavy atom. The van der Waals surface area contributed by atoms with Crippen LogP contribution >= 0.6 is 0 Å². The van der Waals surface area contributed by atoms with Gasteiger partial charge in [0.2, 0.25) is 5.91 Å². The molecule has 0 saturated heterocycles. The zero-order chi connectivity index (χ0) is 44.7. The van der Waals surface area contributed by atoms with E-state index in [0.29, 0.717) is 32.1 Å². The van der Waals surface area contributed by atoms with E-state index in [2.05, 4.69) is 26.1 Å². The molecule has 340 valence electrons. The molecule has 19 heteroatoms. The van der Waals surface area contributed by atoms with Crippen LogP contribution in [0.15, 0.2) is 0 Å². The average Bonchev–Trinajstić information content (AvgIpc) is 3.49. The number of aliphatic hydroxyl groups is 2. The van der Waals surface area contributed by atoms with Gasteiger partial charge in [0.1, 0.15) is 6.04 Å². The lowest BCUT2D eigenvalue weighted by atomic mass is 9.43. The summed E-state index contributed by atoms with van der Waals surface area (Å²) in [7, 11) is 0. The molecule has 0 aromatic heterocycles. The first kappa shape index (κ1) is 48.8. The minimum Gasteiger partial charge on any atom is -0.481 e. The number of rotatable bonds is 24. The van der Waals surface area contributed by atoms with Gasteiger partial charge >= 0.3 is 35.8 Å². The topological polar surface area (TPSA) is 303 Å². The van der Waals surface area contributed by atoms with Gasteiger partial charge in [-0.3, -0.25) is 48.3 Å². The Labute approximate surface area is 350 Å². The van der Waals surface area contributed by atoms with Gasteiger partial charge in [-0.2, -0.15) is 0 Å². The number of aliphatic carboxylic acids is 6. The van der Waals surface area contributed by atoms with Crippen LogP contribution in [-0.2, 0) is 33.6 Å². The van der Waals surface area contributed by atoms with E-state index >= 15 is 0 Å². The van der Waals surface area contributed by atoms with Gasteiger partial charge in [-0.1, -0.05) is 20.8 Å². The van der Waals surface area contributed by atoms with Gasteiger partial charge in [-0.25, -0.2) is 0 Å². The van der Waals surface area contributed by atoms with Crippen LogP contribution in [0.25, 0.3) is 0 Å². The number of carbonyl (C=O) groups is 7. The molecular weight excluding hydrogens is 788 g/mol. The maximum absolute atomic E-state index is 13.5. The summed E-state index contributed by atoms with van der Waals surface area (Å²) in [4.78, 5) is 86.6. The van der Waals surface area contributed by atoms with Crippen molar-refractivity contribution in [2.75, 3.05) is 52.4 Å². The molecular formula is C41H66N4O15. The fourth-order valence-electron chi connectivity index (χ4n) is 12.0. The summed E-state index contributed by atoms with van der Waals surface area (Å²) in [5, 5.41) is 83.5. The van der Waals surface area contributed by atoms with Gasteiger partial charge in [0.25, 0.3) is 0 Å². The van der Waals surface area contributed by atoms with Crippen LogP contribution in [0, 0.1) is 46.3 Å². The summed E-state index contributed by atoms with van der Waals surface area (Å²) in [5.74, 6) is -7.31. The quantitative estimate of drug-likeness (QED) is 0.0655. The van der Waals surface area contributed by atoms with E-state index in [1.807, 2.05) is 0 Å². The lowest BCUT2D eigenvalue weighted by Gasteiger charge is -2.63. The first-order valence-corrected chi connectivity index (χ1v) is 21.2. The lowest BCUT2D eigenvalue weighted by molar-refractivity contribution is -0.202. The third kappa shape index (κ3) is 11.9. The number of carboxylic acid groups (broad SMARTS) is 6. The van der Waals surface area contributed by atoms with Crippen molar-refractivity contribution in [1.82, 2.24) is 20.0 Å². The van der Waals surface area contributed by atoms with Crippen molar-refractivity contribution < 1.29 is 74.4 Å². The molecule has 4 aliphatic carbocycles. The van der Waals surface area contributed by atoms with Gasteiger partial charge in [-0.05, 0) is 104 Å². The zero-order valence-electron chi connectivity index (χ0n) is 35.0. The van der Waals surface area contributed by atoms with Crippen LogP contribution in [0.1, 0.15) is 91.4 Å². The van der Waals surface area contributed by atoms with Gasteiger partial charge in [0.05, 0.1) is 38.4 Å². The second-order valence-corrected chi connectivity index (χ2v) is 18.5. The monoisotopic (exact) mass is 854 g/mol. The number of aliphatic hydroxyl groups excluding tert-OH is 2. The fraction of sp³-hybridized carbons (Fsp3) is 0.829. The molecule has 5 unspecified atom stereocenters. The summed E-state index contributed by atoms with van der Waals surface area (Å²) in [6.45, 7) is 3.08. The summed E-state index contributed by atoms with van der Waals surface area (Å²) >= 11 is 0. The molecule has 4 rings (SSSR count). The highest BCUT2D eigenvalue weighted by atomic mass is 16.4. The number of nitrogens with zero attached hydrogens (tertiary/aromatic N) is 3. The Bertz CT molecular complexity index is 1510. The molecule has 1 amide bonds. The van der Waals surface area contributed by atoms with E-state index in [4.69, 9.17) is 0 Å². The Morgan fingerprint density at radius 2 is 1.22 bits per heavy atom. The van der Waals surface area contributed by atoms with Crippen LogP contribution in [0.2, 0.25) is 0 Å². The second kappa shape index (κ2) is 20.8. The Morgan fingerprint density at radius 1 is 0.667 bits per heavy atom. The summed E-state index contributed by atoms with van der Waals surface area (Å²) < 4.78 is 0. The van der Waals surface area contributed by atoms with E-state index in [1.54, 1.807) is 0 Å². The average molecular weight is 855 g/mol. The molecule has 9 N–H and O–H groups in total. The number of hydrogen-bond donors (Lipinski definition) is 9. The third-order valence-corrected chi connectivity index (χ3v) is 14.9. The van der Waals surface area contributed by atoms with Crippen molar-refractivity contribution in [3.8, 4) is 0 Å². The van der Waals surface area contributed by atoms with E-state index in [1.165, 1.54) is 4.90 Å². The van der Waals surface area contributed by atoms with Gasteiger partial charge in [-0.15, -0.1) is 0 Å². The Hall–Kier alpha value is -3.91. The zero-order valence-corrected chi connectivity index (χ0v) is 35.0. The molecule has 0 radical (unpaired) electrons. The Balaban J connectivity index is 1.42. The Kier molecular flexibility index (Phi) is 16.9. The molecule has 4 fully saturated rings. The number of amides is 1. The molecule has 0 aromatic rings. The number of carboxylic acids is 6. The highest BCUT2D eigenvalue weighted by Gasteiger charge is 2.65. The number of nitrogens with one attached hydrogen (secondary N) is 1. The summed E-state index contributed by atoms with van der Waals surface area (Å²) in [6.07, 6.45) is 3.82. The van der Waals surface area contributed by atoms with E-state index < -0.39 is 91.6 Å². The van der Waals surface area contributed by atoms with Crippen LogP contribution < -0.4 is 5.32 Å². The van der Waals surface area contributed by atoms with Crippen LogP contribution in [0.3, 0.4) is 0 Å². The minimum absolute atomic E-state index is 0.000897.